The summed E-state index contributed by atoms with van der Waals surface area (Å²) in [6.07, 6.45) is 8.12. The summed E-state index contributed by atoms with van der Waals surface area (Å²) in [5.74, 6) is 0.864. The molecule has 0 N–H and O–H groups in total. The molecule has 1 heteroatoms. The first-order chi connectivity index (χ1) is 6.66. The van der Waals surface area contributed by atoms with E-state index in [9.17, 15) is 0 Å². The van der Waals surface area contributed by atoms with E-state index in [2.05, 4.69) is 43.6 Å². The zero-order valence-electron chi connectivity index (χ0n) is 10.4. The summed E-state index contributed by atoms with van der Waals surface area (Å²) in [6, 6.07) is 0. The van der Waals surface area contributed by atoms with E-state index in [1.165, 1.54) is 43.9 Å². The Labute approximate surface area is 99.0 Å². The Morgan fingerprint density at radius 1 is 1.14 bits per heavy atom. The van der Waals surface area contributed by atoms with Crippen LogP contribution >= 0.6 is 15.9 Å². The van der Waals surface area contributed by atoms with E-state index in [0.29, 0.717) is 5.41 Å². The van der Waals surface area contributed by atoms with Gasteiger partial charge in [-0.3, -0.25) is 0 Å². The van der Waals surface area contributed by atoms with Crippen LogP contribution in [0.5, 0.6) is 0 Å². The van der Waals surface area contributed by atoms with Gasteiger partial charge in [-0.2, -0.15) is 0 Å². The van der Waals surface area contributed by atoms with Crippen LogP contribution in [0, 0.1) is 11.3 Å². The van der Waals surface area contributed by atoms with Crippen LogP contribution in [0.2, 0.25) is 0 Å². The fourth-order valence-corrected chi connectivity index (χ4v) is 3.56. The van der Waals surface area contributed by atoms with E-state index in [1.54, 1.807) is 0 Å². The van der Waals surface area contributed by atoms with Gasteiger partial charge in [0.15, 0.2) is 0 Å². The van der Waals surface area contributed by atoms with Crippen molar-refractivity contribution in [2.75, 3.05) is 5.33 Å². The standard InChI is InChI=1S/C13H27Br/c1-5-8-10-13(7-3,11-14)12(4)9-6-2/h12H,5-11H2,1-4H3. The average molecular weight is 263 g/mol. The van der Waals surface area contributed by atoms with Crippen LogP contribution in [-0.2, 0) is 0 Å². The summed E-state index contributed by atoms with van der Waals surface area (Å²) < 4.78 is 0. The lowest BCUT2D eigenvalue weighted by atomic mass is 9.71. The summed E-state index contributed by atoms with van der Waals surface area (Å²) in [7, 11) is 0. The molecule has 0 spiro atoms. The van der Waals surface area contributed by atoms with Crippen LogP contribution in [0.4, 0.5) is 0 Å². The molecule has 86 valence electrons. The van der Waals surface area contributed by atoms with E-state index in [-0.39, 0.29) is 0 Å². The summed E-state index contributed by atoms with van der Waals surface area (Å²) in [5.41, 5.74) is 0.562. The fourth-order valence-electron chi connectivity index (χ4n) is 2.33. The van der Waals surface area contributed by atoms with Gasteiger partial charge in [0, 0.05) is 5.33 Å². The van der Waals surface area contributed by atoms with E-state index in [4.69, 9.17) is 0 Å². The van der Waals surface area contributed by atoms with Crippen LogP contribution in [0.15, 0.2) is 0 Å². The molecule has 0 aliphatic rings. The van der Waals surface area contributed by atoms with Gasteiger partial charge in [-0.05, 0) is 24.2 Å². The number of hydrogen-bond donors (Lipinski definition) is 0. The normalized spacial score (nSPS) is 17.8. The molecule has 0 fully saturated rings. The lowest BCUT2D eigenvalue weighted by Crippen LogP contribution is -2.30. The molecule has 14 heavy (non-hydrogen) atoms. The summed E-state index contributed by atoms with van der Waals surface area (Å²) in [4.78, 5) is 0. The van der Waals surface area contributed by atoms with Crippen LogP contribution in [0.25, 0.3) is 0 Å². The molecule has 0 aliphatic heterocycles. The lowest BCUT2D eigenvalue weighted by molar-refractivity contribution is 0.168. The van der Waals surface area contributed by atoms with Crippen molar-refractivity contribution >= 4 is 15.9 Å². The highest BCUT2D eigenvalue weighted by Gasteiger charge is 2.31. The van der Waals surface area contributed by atoms with Crippen molar-refractivity contribution in [1.82, 2.24) is 0 Å². The summed E-state index contributed by atoms with van der Waals surface area (Å²) in [5, 5.41) is 1.18. The van der Waals surface area contributed by atoms with Gasteiger partial charge in [0.05, 0.1) is 0 Å². The first-order valence-electron chi connectivity index (χ1n) is 6.22. The van der Waals surface area contributed by atoms with Crippen molar-refractivity contribution < 1.29 is 0 Å². The minimum absolute atomic E-state index is 0.562. The summed E-state index contributed by atoms with van der Waals surface area (Å²) in [6.45, 7) is 9.37. The highest BCUT2D eigenvalue weighted by molar-refractivity contribution is 9.09. The Kier molecular flexibility index (Phi) is 8.00. The quantitative estimate of drug-likeness (QED) is 0.514. The second-order valence-electron chi connectivity index (χ2n) is 4.64. The number of alkyl halides is 1. The lowest BCUT2D eigenvalue weighted by Gasteiger charge is -2.37. The zero-order chi connectivity index (χ0) is 11.0. The molecular formula is C13H27Br. The zero-order valence-corrected chi connectivity index (χ0v) is 12.0. The SMILES string of the molecule is CCCCC(CC)(CBr)C(C)CCC. The predicted molar refractivity (Wildman–Crippen MR) is 70.1 cm³/mol. The summed E-state index contributed by atoms with van der Waals surface area (Å²) >= 11 is 3.73. The van der Waals surface area contributed by atoms with Crippen molar-refractivity contribution in [3.8, 4) is 0 Å². The van der Waals surface area contributed by atoms with E-state index in [1.807, 2.05) is 0 Å². The third-order valence-electron chi connectivity index (χ3n) is 3.77. The first-order valence-corrected chi connectivity index (χ1v) is 7.34. The second kappa shape index (κ2) is 7.73. The van der Waals surface area contributed by atoms with Gasteiger partial charge < -0.3 is 0 Å². The average Bonchev–Trinajstić information content (AvgIpc) is 2.21. The van der Waals surface area contributed by atoms with Crippen LogP contribution in [0.1, 0.15) is 66.2 Å². The van der Waals surface area contributed by atoms with Gasteiger partial charge in [0.25, 0.3) is 0 Å². The maximum Gasteiger partial charge on any atom is 0.00904 e. The molecule has 0 nitrogen and oxygen atoms in total. The molecule has 2 atom stereocenters. The highest BCUT2D eigenvalue weighted by Crippen LogP contribution is 2.40. The molecule has 0 radical (unpaired) electrons. The van der Waals surface area contributed by atoms with E-state index in [0.717, 1.165) is 5.92 Å². The Morgan fingerprint density at radius 3 is 2.14 bits per heavy atom. The van der Waals surface area contributed by atoms with Crippen LogP contribution < -0.4 is 0 Å². The number of unbranched alkanes of at least 4 members (excludes halogenated alkanes) is 1. The van der Waals surface area contributed by atoms with E-state index >= 15 is 0 Å². The van der Waals surface area contributed by atoms with Crippen molar-refractivity contribution in [2.45, 2.75) is 66.2 Å². The minimum atomic E-state index is 0.562. The number of rotatable bonds is 8. The molecule has 0 aromatic heterocycles. The Hall–Kier alpha value is 0.480. The molecule has 0 bridgehead atoms. The smallest absolute Gasteiger partial charge is 0.00904 e. The van der Waals surface area contributed by atoms with Crippen molar-refractivity contribution in [2.24, 2.45) is 11.3 Å². The number of halogens is 1. The Morgan fingerprint density at radius 2 is 1.79 bits per heavy atom. The second-order valence-corrected chi connectivity index (χ2v) is 5.20. The van der Waals surface area contributed by atoms with Gasteiger partial charge in [-0.25, -0.2) is 0 Å². The maximum absolute atomic E-state index is 3.73. The third kappa shape index (κ3) is 3.92. The monoisotopic (exact) mass is 262 g/mol. The number of hydrogen-bond acceptors (Lipinski definition) is 0. The minimum Gasteiger partial charge on any atom is -0.0922 e. The van der Waals surface area contributed by atoms with Gasteiger partial charge in [-0.1, -0.05) is 69.3 Å². The van der Waals surface area contributed by atoms with Crippen molar-refractivity contribution in [3.05, 3.63) is 0 Å². The maximum atomic E-state index is 3.73. The fraction of sp³-hybridized carbons (Fsp3) is 1.00. The molecule has 0 aromatic carbocycles. The van der Waals surface area contributed by atoms with Crippen LogP contribution in [0.3, 0.4) is 0 Å². The molecule has 0 aromatic rings. The Bertz CT molecular complexity index is 127. The molecular weight excluding hydrogens is 236 g/mol. The molecule has 0 heterocycles. The van der Waals surface area contributed by atoms with Gasteiger partial charge in [0.1, 0.15) is 0 Å². The largest absolute Gasteiger partial charge is 0.0922 e. The Balaban J connectivity index is 4.33. The topological polar surface area (TPSA) is 0 Å². The van der Waals surface area contributed by atoms with Gasteiger partial charge in [0.2, 0.25) is 0 Å². The van der Waals surface area contributed by atoms with Crippen LogP contribution in [-0.4, -0.2) is 5.33 Å². The third-order valence-corrected chi connectivity index (χ3v) is 4.88. The van der Waals surface area contributed by atoms with E-state index < -0.39 is 0 Å². The molecule has 0 amide bonds. The van der Waals surface area contributed by atoms with Gasteiger partial charge >= 0.3 is 0 Å². The van der Waals surface area contributed by atoms with Crippen molar-refractivity contribution in [1.29, 1.82) is 0 Å². The molecule has 0 rings (SSSR count). The highest BCUT2D eigenvalue weighted by atomic mass is 79.9. The molecule has 0 saturated carbocycles. The molecule has 0 saturated heterocycles. The van der Waals surface area contributed by atoms with Gasteiger partial charge in [-0.15, -0.1) is 0 Å². The first kappa shape index (κ1) is 14.5. The predicted octanol–water partition coefficient (Wildman–Crippen LogP) is 5.40. The van der Waals surface area contributed by atoms with Crippen molar-refractivity contribution in [3.63, 3.8) is 0 Å². The molecule has 0 aliphatic carbocycles. The molecule has 2 unspecified atom stereocenters.